The van der Waals surface area contributed by atoms with E-state index in [1.807, 2.05) is 0 Å². The van der Waals surface area contributed by atoms with Gasteiger partial charge in [-0.05, 0) is 43.3 Å². The third-order valence-corrected chi connectivity index (χ3v) is 5.47. The van der Waals surface area contributed by atoms with Gasteiger partial charge in [-0.15, -0.1) is 0 Å². The summed E-state index contributed by atoms with van der Waals surface area (Å²) in [7, 11) is 0. The summed E-state index contributed by atoms with van der Waals surface area (Å²) in [5, 5.41) is 6.95. The number of benzene rings is 1. The van der Waals surface area contributed by atoms with Gasteiger partial charge in [-0.2, -0.15) is 4.98 Å². The molecule has 11 heteroatoms. The van der Waals surface area contributed by atoms with Crippen molar-refractivity contribution in [2.45, 2.75) is 25.9 Å². The van der Waals surface area contributed by atoms with Gasteiger partial charge in [-0.25, -0.2) is 14.6 Å². The molecule has 0 aliphatic carbocycles. The Kier molecular flexibility index (Phi) is 5.73. The van der Waals surface area contributed by atoms with Gasteiger partial charge in [0.15, 0.2) is 0 Å². The first-order valence-electron chi connectivity index (χ1n) is 10.7. The summed E-state index contributed by atoms with van der Waals surface area (Å²) in [5.74, 6) is 0.318. The average molecular weight is 459 g/mol. The van der Waals surface area contributed by atoms with Crippen molar-refractivity contribution in [2.75, 3.05) is 11.9 Å². The van der Waals surface area contributed by atoms with Crippen LogP contribution in [0, 0.1) is 0 Å². The second-order valence-electron chi connectivity index (χ2n) is 7.60. The van der Waals surface area contributed by atoms with Crippen LogP contribution in [0.25, 0.3) is 11.4 Å². The lowest BCUT2D eigenvalue weighted by Crippen LogP contribution is -2.41. The maximum Gasteiger partial charge on any atom is 0.338 e. The van der Waals surface area contributed by atoms with Crippen LogP contribution in [0.1, 0.15) is 40.6 Å². The van der Waals surface area contributed by atoms with Gasteiger partial charge in [0.25, 0.3) is 0 Å². The number of aromatic amines is 1. The number of nitrogens with one attached hydrogen (secondary N) is 2. The van der Waals surface area contributed by atoms with E-state index in [-0.39, 0.29) is 6.03 Å². The van der Waals surface area contributed by atoms with Gasteiger partial charge in [-0.1, -0.05) is 5.16 Å². The van der Waals surface area contributed by atoms with Gasteiger partial charge in [0.1, 0.15) is 6.04 Å². The van der Waals surface area contributed by atoms with E-state index in [9.17, 15) is 9.59 Å². The van der Waals surface area contributed by atoms with Crippen molar-refractivity contribution >= 4 is 17.7 Å². The van der Waals surface area contributed by atoms with E-state index in [0.29, 0.717) is 42.5 Å². The monoisotopic (exact) mass is 459 g/mol. The Morgan fingerprint density at radius 1 is 1.21 bits per heavy atom. The smallest absolute Gasteiger partial charge is 0.338 e. The number of anilines is 1. The predicted octanol–water partition coefficient (Wildman–Crippen LogP) is 3.36. The number of urea groups is 1. The fourth-order valence-corrected chi connectivity index (χ4v) is 3.76. The number of pyridine rings is 1. The Morgan fingerprint density at radius 2 is 2.00 bits per heavy atom. The lowest BCUT2D eigenvalue weighted by Gasteiger charge is -2.32. The second kappa shape index (κ2) is 9.14. The van der Waals surface area contributed by atoms with Crippen molar-refractivity contribution in [3.63, 3.8) is 0 Å². The first kappa shape index (κ1) is 21.3. The number of imidazole rings is 1. The van der Waals surface area contributed by atoms with Gasteiger partial charge in [-0.3, -0.25) is 4.98 Å². The number of carbonyl (C=O) groups is 2. The fourth-order valence-electron chi connectivity index (χ4n) is 3.76. The maximum absolute atomic E-state index is 13.3. The first-order valence-corrected chi connectivity index (χ1v) is 10.7. The molecule has 1 atom stereocenters. The van der Waals surface area contributed by atoms with Crippen LogP contribution in [-0.2, 0) is 17.7 Å². The van der Waals surface area contributed by atoms with Crippen LogP contribution in [0.15, 0.2) is 59.6 Å². The number of esters is 1. The van der Waals surface area contributed by atoms with Gasteiger partial charge in [0.05, 0.1) is 36.4 Å². The van der Waals surface area contributed by atoms with Crippen molar-refractivity contribution in [1.82, 2.24) is 30.0 Å². The van der Waals surface area contributed by atoms with Crippen molar-refractivity contribution in [1.29, 1.82) is 0 Å². The molecule has 0 saturated heterocycles. The molecule has 1 aliphatic heterocycles. The molecule has 2 N–H and O–H groups in total. The third kappa shape index (κ3) is 4.22. The minimum atomic E-state index is -0.502. The molecule has 3 aromatic heterocycles. The second-order valence-corrected chi connectivity index (χ2v) is 7.60. The molecule has 0 bridgehead atoms. The van der Waals surface area contributed by atoms with E-state index in [1.165, 1.54) is 0 Å². The van der Waals surface area contributed by atoms with Crippen LogP contribution in [-0.4, -0.2) is 48.6 Å². The van der Waals surface area contributed by atoms with E-state index in [1.54, 1.807) is 66.9 Å². The zero-order chi connectivity index (χ0) is 23.5. The van der Waals surface area contributed by atoms with Crippen molar-refractivity contribution < 1.29 is 18.8 Å². The maximum atomic E-state index is 13.3. The first-order chi connectivity index (χ1) is 16.6. The van der Waals surface area contributed by atoms with Crippen LogP contribution in [0.5, 0.6) is 0 Å². The molecule has 172 valence electrons. The highest BCUT2D eigenvalue weighted by atomic mass is 16.5. The zero-order valence-corrected chi connectivity index (χ0v) is 18.3. The fraction of sp³-hybridized carbons (Fsp3) is 0.217. The Morgan fingerprint density at radius 3 is 2.76 bits per heavy atom. The number of hydrogen-bond donors (Lipinski definition) is 2. The van der Waals surface area contributed by atoms with Crippen molar-refractivity contribution in [2.24, 2.45) is 0 Å². The average Bonchev–Trinajstić information content (AvgIpc) is 3.54. The highest BCUT2D eigenvalue weighted by molar-refractivity contribution is 5.92. The Bertz CT molecular complexity index is 1300. The lowest BCUT2D eigenvalue weighted by atomic mass is 10.0. The molecule has 0 spiro atoms. The Hall–Kier alpha value is -4.54. The minimum absolute atomic E-state index is 0.291. The van der Waals surface area contributed by atoms with Gasteiger partial charge in [0, 0.05) is 30.1 Å². The summed E-state index contributed by atoms with van der Waals surface area (Å²) in [6, 6.07) is 9.23. The van der Waals surface area contributed by atoms with Gasteiger partial charge >= 0.3 is 12.0 Å². The van der Waals surface area contributed by atoms with Crippen LogP contribution < -0.4 is 5.32 Å². The largest absolute Gasteiger partial charge is 0.462 e. The molecule has 34 heavy (non-hydrogen) atoms. The van der Waals surface area contributed by atoms with E-state index in [2.05, 4.69) is 30.4 Å². The molecule has 4 aromatic rings. The summed E-state index contributed by atoms with van der Waals surface area (Å²) >= 11 is 0. The van der Waals surface area contributed by atoms with Crippen LogP contribution in [0.3, 0.4) is 0 Å². The molecule has 1 aliphatic rings. The third-order valence-electron chi connectivity index (χ3n) is 5.47. The summed E-state index contributed by atoms with van der Waals surface area (Å²) in [4.78, 5) is 42.7. The van der Waals surface area contributed by atoms with Crippen LogP contribution in [0.4, 0.5) is 10.5 Å². The summed E-state index contributed by atoms with van der Waals surface area (Å²) in [6.07, 6.45) is 5.32. The molecule has 0 unspecified atom stereocenters. The van der Waals surface area contributed by atoms with E-state index >= 15 is 0 Å². The summed E-state index contributed by atoms with van der Waals surface area (Å²) < 4.78 is 10.5. The summed E-state index contributed by atoms with van der Waals surface area (Å²) in [6.45, 7) is 2.33. The van der Waals surface area contributed by atoms with Gasteiger partial charge < -0.3 is 24.5 Å². The number of fused-ring (bicyclic) bond motifs is 1. The van der Waals surface area contributed by atoms with Crippen LogP contribution >= 0.6 is 0 Å². The molecular weight excluding hydrogens is 438 g/mol. The molecular formula is C23H21N7O4. The number of H-pyrrole nitrogens is 1. The molecule has 0 fully saturated rings. The molecule has 1 aromatic carbocycles. The molecule has 2 amide bonds. The molecule has 5 rings (SSSR count). The van der Waals surface area contributed by atoms with E-state index in [0.717, 1.165) is 17.0 Å². The Labute approximate surface area is 194 Å². The molecule has 11 nitrogen and oxygen atoms in total. The quantitative estimate of drug-likeness (QED) is 0.433. The number of aromatic nitrogens is 5. The number of nitrogens with zero attached hydrogens (tertiary/aromatic N) is 5. The Balaban J connectivity index is 1.38. The van der Waals surface area contributed by atoms with E-state index < -0.39 is 12.0 Å². The van der Waals surface area contributed by atoms with Gasteiger partial charge in [0.2, 0.25) is 11.7 Å². The van der Waals surface area contributed by atoms with Crippen molar-refractivity contribution in [3.8, 4) is 11.4 Å². The number of rotatable bonds is 5. The molecule has 0 saturated carbocycles. The van der Waals surface area contributed by atoms with Crippen molar-refractivity contribution in [3.05, 3.63) is 78.0 Å². The standard InChI is InChI=1S/C23H21N7O4/c1-2-33-22(31)15-3-5-16(6-4-15)27-23(32)30-12-18-17(25-13-26-18)11-19(30)21-28-20(29-34-21)14-7-9-24-10-8-14/h3-10,13,19H,2,11-12H2,1H3,(H,25,26)(H,27,32)/t19-/m0/s1. The zero-order valence-electron chi connectivity index (χ0n) is 18.3. The predicted molar refractivity (Wildman–Crippen MR) is 120 cm³/mol. The normalized spacial score (nSPS) is 15.0. The number of carbonyl (C=O) groups excluding carboxylic acids is 2. The highest BCUT2D eigenvalue weighted by Crippen LogP contribution is 2.32. The highest BCUT2D eigenvalue weighted by Gasteiger charge is 2.36. The number of hydrogen-bond acceptors (Lipinski definition) is 8. The minimum Gasteiger partial charge on any atom is -0.462 e. The SMILES string of the molecule is CCOC(=O)c1ccc(NC(=O)N2Cc3[nH]cnc3C[C@H]2c2nc(-c3ccncc3)no2)cc1. The topological polar surface area (TPSA) is 139 Å². The molecule has 4 heterocycles. The van der Waals surface area contributed by atoms with E-state index in [4.69, 9.17) is 9.26 Å². The van der Waals surface area contributed by atoms with Crippen LogP contribution in [0.2, 0.25) is 0 Å². The molecule has 0 radical (unpaired) electrons. The number of ether oxygens (including phenoxy) is 1. The summed E-state index contributed by atoms with van der Waals surface area (Å²) in [5.41, 5.74) is 3.40. The lowest BCUT2D eigenvalue weighted by molar-refractivity contribution is 0.0526. The number of amides is 2.